The van der Waals surface area contributed by atoms with Crippen molar-refractivity contribution < 1.29 is 8.42 Å². The molecule has 1 aliphatic rings. The fraction of sp³-hybridized carbons (Fsp3) is 0.571. The molecule has 1 aliphatic carbocycles. The van der Waals surface area contributed by atoms with Crippen molar-refractivity contribution in [2.75, 3.05) is 12.3 Å². The van der Waals surface area contributed by atoms with Crippen LogP contribution in [-0.2, 0) is 16.6 Å². The number of benzene rings is 1. The van der Waals surface area contributed by atoms with E-state index >= 15 is 0 Å². The Morgan fingerprint density at radius 3 is 2.65 bits per heavy atom. The first kappa shape index (κ1) is 15.9. The maximum Gasteiger partial charge on any atom is 0.211 e. The third-order valence-electron chi connectivity index (χ3n) is 3.29. The summed E-state index contributed by atoms with van der Waals surface area (Å²) in [5, 5.41) is 3.39. The van der Waals surface area contributed by atoms with E-state index in [4.69, 9.17) is 0 Å². The van der Waals surface area contributed by atoms with Crippen molar-refractivity contribution in [3.63, 3.8) is 0 Å². The molecule has 0 aliphatic heterocycles. The van der Waals surface area contributed by atoms with Gasteiger partial charge >= 0.3 is 0 Å². The molecule has 0 heterocycles. The number of nitrogens with one attached hydrogen (secondary N) is 2. The molecule has 6 heteroatoms. The predicted molar refractivity (Wildman–Crippen MR) is 85.0 cm³/mol. The Labute approximate surface area is 129 Å². The zero-order chi connectivity index (χ0) is 14.4. The highest BCUT2D eigenvalue weighted by Gasteiger charge is 2.19. The molecule has 0 unspecified atom stereocenters. The topological polar surface area (TPSA) is 58.2 Å². The summed E-state index contributed by atoms with van der Waals surface area (Å²) in [5.74, 6) is 0.198. The molecule has 20 heavy (non-hydrogen) atoms. The maximum atomic E-state index is 11.9. The summed E-state index contributed by atoms with van der Waals surface area (Å²) in [6.45, 7) is 1.26. The molecule has 1 aromatic carbocycles. The Hall–Kier alpha value is -0.430. The smallest absolute Gasteiger partial charge is 0.211 e. The van der Waals surface area contributed by atoms with Crippen LogP contribution in [0.1, 0.15) is 31.2 Å². The molecule has 1 fully saturated rings. The Morgan fingerprint density at radius 2 is 1.95 bits per heavy atom. The van der Waals surface area contributed by atoms with Crippen LogP contribution in [0.2, 0.25) is 0 Å². The third kappa shape index (κ3) is 5.91. The van der Waals surface area contributed by atoms with Crippen LogP contribution in [0.4, 0.5) is 0 Å². The van der Waals surface area contributed by atoms with Gasteiger partial charge in [-0.3, -0.25) is 0 Å². The Bertz CT molecular complexity index is 530. The molecule has 112 valence electrons. The van der Waals surface area contributed by atoms with E-state index in [1.165, 1.54) is 12.8 Å². The lowest BCUT2D eigenvalue weighted by Crippen LogP contribution is -2.26. The molecule has 0 atom stereocenters. The fourth-order valence-corrected chi connectivity index (χ4v) is 3.44. The quantitative estimate of drug-likeness (QED) is 0.664. The molecule has 0 spiro atoms. The Kier molecular flexibility index (Phi) is 6.01. The average Bonchev–Trinajstić information content (AvgIpc) is 3.21. The monoisotopic (exact) mass is 360 g/mol. The summed E-state index contributed by atoms with van der Waals surface area (Å²) in [7, 11) is -3.18. The normalized spacial score (nSPS) is 15.4. The van der Waals surface area contributed by atoms with Gasteiger partial charge in [-0.2, -0.15) is 0 Å². The molecule has 1 aromatic rings. The van der Waals surface area contributed by atoms with Crippen LogP contribution >= 0.6 is 15.9 Å². The van der Waals surface area contributed by atoms with Crippen molar-refractivity contribution in [2.45, 2.75) is 38.3 Å². The van der Waals surface area contributed by atoms with Crippen LogP contribution < -0.4 is 10.0 Å². The summed E-state index contributed by atoms with van der Waals surface area (Å²) in [4.78, 5) is 0. The molecule has 0 radical (unpaired) electrons. The highest BCUT2D eigenvalue weighted by Crippen LogP contribution is 2.18. The standard InChI is InChI=1S/C14H21BrN2O2S/c15-14-6-2-1-5-12(14)11-17-20(18,19)10-4-3-9-16-13-7-8-13/h1-2,5-6,13,16-17H,3-4,7-11H2. The van der Waals surface area contributed by atoms with Gasteiger partial charge in [0.05, 0.1) is 5.75 Å². The van der Waals surface area contributed by atoms with Crippen LogP contribution in [0.25, 0.3) is 0 Å². The number of unbranched alkanes of at least 4 members (excludes halogenated alkanes) is 1. The average molecular weight is 361 g/mol. The van der Waals surface area contributed by atoms with Gasteiger partial charge in [0.1, 0.15) is 0 Å². The van der Waals surface area contributed by atoms with Gasteiger partial charge in [-0.1, -0.05) is 34.1 Å². The summed E-state index contributed by atoms with van der Waals surface area (Å²) in [5.41, 5.74) is 0.950. The number of rotatable bonds is 9. The number of hydrogen-bond acceptors (Lipinski definition) is 3. The molecule has 1 saturated carbocycles. The summed E-state index contributed by atoms with van der Waals surface area (Å²) < 4.78 is 27.3. The van der Waals surface area contributed by atoms with E-state index in [0.29, 0.717) is 19.0 Å². The highest BCUT2D eigenvalue weighted by atomic mass is 79.9. The van der Waals surface area contributed by atoms with Crippen molar-refractivity contribution in [3.05, 3.63) is 34.3 Å². The van der Waals surface area contributed by atoms with E-state index in [0.717, 1.165) is 23.0 Å². The molecule has 0 amide bonds. The van der Waals surface area contributed by atoms with E-state index in [-0.39, 0.29) is 5.75 Å². The van der Waals surface area contributed by atoms with Gasteiger partial charge < -0.3 is 5.32 Å². The van der Waals surface area contributed by atoms with Crippen LogP contribution in [0.5, 0.6) is 0 Å². The molecular weight excluding hydrogens is 340 g/mol. The van der Waals surface area contributed by atoms with Crippen molar-refractivity contribution in [3.8, 4) is 0 Å². The Morgan fingerprint density at radius 1 is 1.20 bits per heavy atom. The molecule has 2 N–H and O–H groups in total. The first-order valence-corrected chi connectivity index (χ1v) is 9.45. The van der Waals surface area contributed by atoms with Gasteiger partial charge in [-0.15, -0.1) is 0 Å². The minimum Gasteiger partial charge on any atom is -0.314 e. The lowest BCUT2D eigenvalue weighted by molar-refractivity contribution is 0.572. The molecule has 0 aromatic heterocycles. The third-order valence-corrected chi connectivity index (χ3v) is 5.47. The lowest BCUT2D eigenvalue weighted by atomic mass is 10.2. The number of halogens is 1. The number of hydrogen-bond donors (Lipinski definition) is 2. The van der Waals surface area contributed by atoms with Crippen LogP contribution in [0, 0.1) is 0 Å². The highest BCUT2D eigenvalue weighted by molar-refractivity contribution is 9.10. The second-order valence-electron chi connectivity index (χ2n) is 5.17. The summed E-state index contributed by atoms with van der Waals surface area (Å²) in [6.07, 6.45) is 4.15. The largest absolute Gasteiger partial charge is 0.314 e. The predicted octanol–water partition coefficient (Wildman–Crippen LogP) is 2.40. The van der Waals surface area contributed by atoms with E-state index in [1.54, 1.807) is 0 Å². The van der Waals surface area contributed by atoms with Crippen LogP contribution in [0.3, 0.4) is 0 Å². The lowest BCUT2D eigenvalue weighted by Gasteiger charge is -2.08. The minimum atomic E-state index is -3.18. The zero-order valence-electron chi connectivity index (χ0n) is 11.4. The van der Waals surface area contributed by atoms with E-state index < -0.39 is 10.0 Å². The second-order valence-corrected chi connectivity index (χ2v) is 7.95. The first-order valence-electron chi connectivity index (χ1n) is 7.01. The van der Waals surface area contributed by atoms with Crippen molar-refractivity contribution in [1.29, 1.82) is 0 Å². The van der Waals surface area contributed by atoms with Gasteiger partial charge in [0.25, 0.3) is 0 Å². The Balaban J connectivity index is 1.66. The zero-order valence-corrected chi connectivity index (χ0v) is 13.8. The van der Waals surface area contributed by atoms with Gasteiger partial charge in [0, 0.05) is 17.1 Å². The molecule has 2 rings (SSSR count). The van der Waals surface area contributed by atoms with Gasteiger partial charge in [-0.05, 0) is 43.9 Å². The molecule has 0 saturated heterocycles. The number of sulfonamides is 1. The van der Waals surface area contributed by atoms with E-state index in [9.17, 15) is 8.42 Å². The summed E-state index contributed by atoms with van der Waals surface area (Å²) in [6, 6.07) is 8.33. The SMILES string of the molecule is O=S(=O)(CCCCNC1CC1)NCc1ccccc1Br. The minimum absolute atomic E-state index is 0.198. The molecule has 0 bridgehead atoms. The van der Waals surface area contributed by atoms with Crippen LogP contribution in [0.15, 0.2) is 28.7 Å². The second kappa shape index (κ2) is 7.54. The molecular formula is C14H21BrN2O2S. The maximum absolute atomic E-state index is 11.9. The van der Waals surface area contributed by atoms with Crippen molar-refractivity contribution >= 4 is 26.0 Å². The molecule has 4 nitrogen and oxygen atoms in total. The van der Waals surface area contributed by atoms with Gasteiger partial charge in [-0.25, -0.2) is 13.1 Å². The van der Waals surface area contributed by atoms with Gasteiger partial charge in [0.15, 0.2) is 0 Å². The van der Waals surface area contributed by atoms with Gasteiger partial charge in [0.2, 0.25) is 10.0 Å². The fourth-order valence-electron chi connectivity index (χ4n) is 1.91. The van der Waals surface area contributed by atoms with E-state index in [2.05, 4.69) is 26.0 Å². The van der Waals surface area contributed by atoms with Crippen LogP contribution in [-0.4, -0.2) is 26.8 Å². The summed E-state index contributed by atoms with van der Waals surface area (Å²) >= 11 is 3.41. The van der Waals surface area contributed by atoms with Crippen molar-refractivity contribution in [1.82, 2.24) is 10.0 Å². The first-order chi connectivity index (χ1) is 9.57. The van der Waals surface area contributed by atoms with E-state index in [1.807, 2.05) is 24.3 Å². The van der Waals surface area contributed by atoms with Crippen molar-refractivity contribution in [2.24, 2.45) is 0 Å².